The van der Waals surface area contributed by atoms with E-state index in [4.69, 9.17) is 4.74 Å². The van der Waals surface area contributed by atoms with Crippen LogP contribution in [0.5, 0.6) is 0 Å². The molecule has 0 fully saturated rings. The zero-order valence-electron chi connectivity index (χ0n) is 13.8. The molecular weight excluding hydrogens is 366 g/mol. The maximum Gasteiger partial charge on any atom is 0.408 e. The van der Waals surface area contributed by atoms with E-state index in [0.717, 1.165) is 46.8 Å². The molecule has 0 atom stereocenters. The van der Waals surface area contributed by atoms with Crippen molar-refractivity contribution in [3.8, 4) is 11.1 Å². The lowest BCUT2D eigenvalue weighted by Gasteiger charge is -2.32. The minimum Gasteiger partial charge on any atom is -0.433 e. The summed E-state index contributed by atoms with van der Waals surface area (Å²) >= 11 is 3.50. The molecule has 1 N–H and O–H groups in total. The monoisotopic (exact) mass is 387 g/mol. The third kappa shape index (κ3) is 2.95. The number of rotatable bonds is 6. The van der Waals surface area contributed by atoms with Crippen LogP contribution in [0.4, 0.5) is 4.79 Å². The van der Waals surface area contributed by atoms with Crippen LogP contribution in [-0.2, 0) is 10.3 Å². The van der Waals surface area contributed by atoms with Gasteiger partial charge in [-0.3, -0.25) is 0 Å². The van der Waals surface area contributed by atoms with Crippen molar-refractivity contribution in [3.05, 3.63) is 59.7 Å². The van der Waals surface area contributed by atoms with Crippen molar-refractivity contribution in [1.29, 1.82) is 0 Å². The van der Waals surface area contributed by atoms with Gasteiger partial charge in [0, 0.05) is 23.0 Å². The Hall–Kier alpha value is -1.81. The number of halogens is 1. The normalized spacial score (nSPS) is 13.9. The van der Waals surface area contributed by atoms with Gasteiger partial charge in [0.05, 0.1) is 0 Å². The van der Waals surface area contributed by atoms with Gasteiger partial charge in [-0.15, -0.1) is 0 Å². The third-order valence-corrected chi connectivity index (χ3v) is 5.08. The quantitative estimate of drug-likeness (QED) is 0.544. The van der Waals surface area contributed by atoms with E-state index in [0.29, 0.717) is 6.54 Å². The van der Waals surface area contributed by atoms with Gasteiger partial charge in [-0.1, -0.05) is 64.5 Å². The Morgan fingerprint density at radius 1 is 1.04 bits per heavy atom. The summed E-state index contributed by atoms with van der Waals surface area (Å²) < 4.78 is 6.07. The fraction of sp³-hybridized carbons (Fsp3) is 0.350. The third-order valence-electron chi connectivity index (χ3n) is 4.51. The van der Waals surface area contributed by atoms with Crippen LogP contribution in [0.2, 0.25) is 0 Å². The van der Waals surface area contributed by atoms with E-state index in [1.807, 2.05) is 31.2 Å². The Bertz CT molecular complexity index is 684. The largest absolute Gasteiger partial charge is 0.433 e. The molecular formula is C20H22BrNO2. The van der Waals surface area contributed by atoms with Crippen LogP contribution < -0.4 is 5.32 Å². The van der Waals surface area contributed by atoms with Crippen molar-refractivity contribution in [1.82, 2.24) is 5.32 Å². The molecule has 1 aliphatic carbocycles. The number of alkyl carbamates (subject to hydrolysis) is 1. The molecule has 1 amide bonds. The molecule has 1 aliphatic rings. The van der Waals surface area contributed by atoms with Crippen LogP contribution in [-0.4, -0.2) is 18.0 Å². The fourth-order valence-electron chi connectivity index (χ4n) is 3.52. The highest BCUT2D eigenvalue weighted by atomic mass is 79.9. The molecule has 0 heterocycles. The van der Waals surface area contributed by atoms with E-state index in [1.165, 1.54) is 0 Å². The van der Waals surface area contributed by atoms with Crippen LogP contribution in [0.25, 0.3) is 11.1 Å². The smallest absolute Gasteiger partial charge is 0.408 e. The molecule has 0 saturated carbocycles. The summed E-state index contributed by atoms with van der Waals surface area (Å²) in [5.74, 6) is 0. The van der Waals surface area contributed by atoms with Gasteiger partial charge < -0.3 is 10.1 Å². The summed E-state index contributed by atoms with van der Waals surface area (Å²) in [7, 11) is 0. The summed E-state index contributed by atoms with van der Waals surface area (Å²) in [6, 6.07) is 16.5. The van der Waals surface area contributed by atoms with Gasteiger partial charge in [0.25, 0.3) is 0 Å². The van der Waals surface area contributed by atoms with Crippen LogP contribution >= 0.6 is 15.9 Å². The predicted molar refractivity (Wildman–Crippen MR) is 100 cm³/mol. The molecule has 0 aliphatic heterocycles. The molecule has 126 valence electrons. The molecule has 3 nitrogen and oxygen atoms in total. The number of benzene rings is 2. The van der Waals surface area contributed by atoms with Crippen LogP contribution in [0, 0.1) is 0 Å². The summed E-state index contributed by atoms with van der Waals surface area (Å²) in [6.07, 6.45) is 2.45. The second-order valence-corrected chi connectivity index (χ2v) is 6.78. The average Bonchev–Trinajstić information content (AvgIpc) is 2.87. The number of alkyl halides is 1. The molecule has 0 spiro atoms. The topological polar surface area (TPSA) is 38.3 Å². The van der Waals surface area contributed by atoms with Crippen LogP contribution in [0.15, 0.2) is 48.5 Å². The lowest BCUT2D eigenvalue weighted by Crippen LogP contribution is -2.37. The number of hydrogen-bond donors (Lipinski definition) is 1. The fourth-order valence-corrected chi connectivity index (χ4v) is 3.92. The van der Waals surface area contributed by atoms with Gasteiger partial charge in [-0.05, 0) is 37.3 Å². The second kappa shape index (κ2) is 7.39. The first-order valence-corrected chi connectivity index (χ1v) is 9.57. The lowest BCUT2D eigenvalue weighted by atomic mass is 9.86. The molecule has 0 unspecified atom stereocenters. The van der Waals surface area contributed by atoms with E-state index < -0.39 is 5.60 Å². The number of nitrogens with one attached hydrogen (secondary N) is 1. The van der Waals surface area contributed by atoms with Gasteiger partial charge in [0.15, 0.2) is 5.60 Å². The second-order valence-electron chi connectivity index (χ2n) is 5.98. The van der Waals surface area contributed by atoms with Crippen molar-refractivity contribution >= 4 is 22.0 Å². The summed E-state index contributed by atoms with van der Waals surface area (Å²) in [4.78, 5) is 12.3. The van der Waals surface area contributed by atoms with Crippen molar-refractivity contribution in [3.63, 3.8) is 0 Å². The first kappa shape index (κ1) is 17.0. The number of ether oxygens (including phenoxy) is 1. The molecule has 3 rings (SSSR count). The Morgan fingerprint density at radius 3 is 2.17 bits per heavy atom. The van der Waals surface area contributed by atoms with E-state index >= 15 is 0 Å². The van der Waals surface area contributed by atoms with Crippen LogP contribution in [0.3, 0.4) is 0 Å². The maximum atomic E-state index is 12.3. The highest BCUT2D eigenvalue weighted by Crippen LogP contribution is 2.52. The van der Waals surface area contributed by atoms with Gasteiger partial charge in [-0.2, -0.15) is 0 Å². The first-order valence-electron chi connectivity index (χ1n) is 8.45. The molecule has 2 aromatic rings. The van der Waals surface area contributed by atoms with Gasteiger partial charge in [0.1, 0.15) is 0 Å². The molecule has 0 radical (unpaired) electrons. The summed E-state index contributed by atoms with van der Waals surface area (Å²) in [5.41, 5.74) is 3.81. The first-order chi connectivity index (χ1) is 11.7. The molecule has 24 heavy (non-hydrogen) atoms. The van der Waals surface area contributed by atoms with E-state index in [9.17, 15) is 4.79 Å². The van der Waals surface area contributed by atoms with Gasteiger partial charge >= 0.3 is 6.09 Å². The zero-order valence-corrected chi connectivity index (χ0v) is 15.4. The van der Waals surface area contributed by atoms with Crippen molar-refractivity contribution in [2.45, 2.75) is 31.8 Å². The maximum absolute atomic E-state index is 12.3. The Kier molecular flexibility index (Phi) is 5.24. The number of unbranched alkanes of at least 4 members (excludes halogenated alkanes) is 1. The molecule has 4 heteroatoms. The molecule has 0 aromatic heterocycles. The van der Waals surface area contributed by atoms with Crippen molar-refractivity contribution < 1.29 is 9.53 Å². The number of carbonyl (C=O) groups is 1. The standard InChI is InChI=1S/C20H22BrNO2/c1-2-22-19(23)24-20(13-7-8-14-21)17-11-5-3-9-15(17)16-10-4-6-12-18(16)20/h3-6,9-12H,2,7-8,13-14H2,1H3,(H,22,23). The Morgan fingerprint density at radius 2 is 1.62 bits per heavy atom. The minimum atomic E-state index is -0.700. The van der Waals surface area contributed by atoms with Gasteiger partial charge in [-0.25, -0.2) is 4.79 Å². The Labute approximate surface area is 151 Å². The summed E-state index contributed by atoms with van der Waals surface area (Å²) in [5, 5.41) is 3.73. The Balaban J connectivity index is 2.10. The predicted octanol–water partition coefficient (Wildman–Crippen LogP) is 5.22. The van der Waals surface area contributed by atoms with Gasteiger partial charge in [0.2, 0.25) is 0 Å². The number of carbonyl (C=O) groups excluding carboxylic acids is 1. The highest BCUT2D eigenvalue weighted by molar-refractivity contribution is 9.09. The summed E-state index contributed by atoms with van der Waals surface area (Å²) in [6.45, 7) is 2.45. The molecule has 0 bridgehead atoms. The molecule has 2 aromatic carbocycles. The zero-order chi connectivity index (χ0) is 17.0. The minimum absolute atomic E-state index is 0.358. The molecule has 0 saturated heterocycles. The SMILES string of the molecule is CCNC(=O)OC1(CCCCBr)c2ccccc2-c2ccccc21. The number of amides is 1. The number of fused-ring (bicyclic) bond motifs is 3. The van der Waals surface area contributed by atoms with Crippen molar-refractivity contribution in [2.75, 3.05) is 11.9 Å². The average molecular weight is 388 g/mol. The van der Waals surface area contributed by atoms with E-state index in [-0.39, 0.29) is 6.09 Å². The lowest BCUT2D eigenvalue weighted by molar-refractivity contribution is 0.0340. The van der Waals surface area contributed by atoms with E-state index in [2.05, 4.69) is 45.5 Å². The van der Waals surface area contributed by atoms with Crippen LogP contribution in [0.1, 0.15) is 37.3 Å². The van der Waals surface area contributed by atoms with Crippen molar-refractivity contribution in [2.24, 2.45) is 0 Å². The van der Waals surface area contributed by atoms with E-state index in [1.54, 1.807) is 0 Å². The number of hydrogen-bond acceptors (Lipinski definition) is 2. The highest BCUT2D eigenvalue weighted by Gasteiger charge is 2.45.